The summed E-state index contributed by atoms with van der Waals surface area (Å²) in [5.41, 5.74) is 0.625. The normalized spacial score (nSPS) is 11.0. The van der Waals surface area contributed by atoms with E-state index in [2.05, 4.69) is 5.32 Å². The first-order valence-corrected chi connectivity index (χ1v) is 10.7. The smallest absolute Gasteiger partial charge is 0.150 e. The van der Waals surface area contributed by atoms with Crippen molar-refractivity contribution < 1.29 is 38.0 Å². The van der Waals surface area contributed by atoms with E-state index in [0.717, 1.165) is 12.8 Å². The predicted molar refractivity (Wildman–Crippen MR) is 116 cm³/mol. The summed E-state index contributed by atoms with van der Waals surface area (Å²) in [6.45, 7) is 7.81. The average molecular weight is 444 g/mol. The Hall–Kier alpha value is -1.59. The first-order valence-electron chi connectivity index (χ1n) is 10.7. The number of ether oxygens (including phenoxy) is 7. The highest BCUT2D eigenvalue weighted by atomic mass is 16.6. The van der Waals surface area contributed by atoms with Crippen molar-refractivity contribution in [1.29, 1.82) is 0 Å². The van der Waals surface area contributed by atoms with Gasteiger partial charge in [0.05, 0.1) is 79.3 Å². The van der Waals surface area contributed by atoms with Crippen LogP contribution in [-0.4, -0.2) is 106 Å². The number of likely N-dealkylation sites (N-methyl/N-ethyl adjacent to an activating group) is 1. The second kappa shape index (κ2) is 21.6. The zero-order chi connectivity index (χ0) is 22.2. The molecule has 31 heavy (non-hydrogen) atoms. The van der Waals surface area contributed by atoms with Crippen LogP contribution in [0.4, 0.5) is 0 Å². The Morgan fingerprint density at radius 1 is 0.613 bits per heavy atom. The summed E-state index contributed by atoms with van der Waals surface area (Å²) in [5.74, 6) is 0.712. The molecule has 1 aromatic carbocycles. The molecule has 9 heteroatoms. The fourth-order valence-corrected chi connectivity index (χ4v) is 2.24. The molecule has 0 aliphatic rings. The van der Waals surface area contributed by atoms with Crippen LogP contribution in [0.5, 0.6) is 5.75 Å². The minimum absolute atomic E-state index is 0.443. The summed E-state index contributed by atoms with van der Waals surface area (Å²) in [5, 5.41) is 3.01. The van der Waals surface area contributed by atoms with Crippen molar-refractivity contribution in [3.8, 4) is 5.75 Å². The van der Waals surface area contributed by atoms with E-state index in [0.29, 0.717) is 97.2 Å². The number of rotatable bonds is 23. The number of carbonyl (C=O) groups is 1. The highest BCUT2D eigenvalue weighted by Gasteiger charge is 1.96. The van der Waals surface area contributed by atoms with Gasteiger partial charge in [0.2, 0.25) is 0 Å². The quantitative estimate of drug-likeness (QED) is 0.198. The molecule has 0 saturated heterocycles. The fraction of sp³-hybridized carbons (Fsp3) is 0.682. The molecule has 0 aromatic heterocycles. The first-order chi connectivity index (χ1) is 15.4. The minimum Gasteiger partial charge on any atom is -0.491 e. The van der Waals surface area contributed by atoms with Crippen LogP contribution in [-0.2, 0) is 28.4 Å². The summed E-state index contributed by atoms with van der Waals surface area (Å²) < 4.78 is 38.0. The van der Waals surface area contributed by atoms with Crippen molar-refractivity contribution in [3.05, 3.63) is 29.8 Å². The Morgan fingerprint density at radius 2 is 1.00 bits per heavy atom. The number of carbonyl (C=O) groups excluding carboxylic acids is 1. The van der Waals surface area contributed by atoms with Gasteiger partial charge >= 0.3 is 0 Å². The summed E-state index contributed by atoms with van der Waals surface area (Å²) in [4.78, 5) is 10.6. The summed E-state index contributed by atoms with van der Waals surface area (Å²) in [6.07, 6.45) is 0.801. The third-order valence-electron chi connectivity index (χ3n) is 3.87. The molecule has 0 atom stereocenters. The van der Waals surface area contributed by atoms with Gasteiger partial charge in [0.1, 0.15) is 18.6 Å². The number of hydrogen-bond donors (Lipinski definition) is 1. The van der Waals surface area contributed by atoms with Crippen LogP contribution in [0.3, 0.4) is 0 Å². The van der Waals surface area contributed by atoms with Gasteiger partial charge < -0.3 is 38.5 Å². The van der Waals surface area contributed by atoms with Crippen molar-refractivity contribution in [3.63, 3.8) is 0 Å². The van der Waals surface area contributed by atoms with Gasteiger partial charge in [-0.05, 0) is 31.3 Å². The van der Waals surface area contributed by atoms with E-state index < -0.39 is 0 Å². The van der Waals surface area contributed by atoms with Crippen molar-refractivity contribution in [2.75, 3.05) is 99.5 Å². The molecule has 1 aromatic rings. The molecule has 0 radical (unpaired) electrons. The molecular weight excluding hydrogens is 406 g/mol. The molecule has 0 heterocycles. The molecule has 0 aliphatic heterocycles. The second-order valence-corrected chi connectivity index (χ2v) is 6.31. The maximum atomic E-state index is 10.6. The van der Waals surface area contributed by atoms with E-state index in [-0.39, 0.29) is 0 Å². The highest BCUT2D eigenvalue weighted by molar-refractivity contribution is 5.74. The molecule has 0 spiro atoms. The Labute approximate surface area is 185 Å². The van der Waals surface area contributed by atoms with Crippen molar-refractivity contribution in [2.24, 2.45) is 0 Å². The van der Waals surface area contributed by atoms with Crippen LogP contribution in [0.15, 0.2) is 24.3 Å². The molecule has 9 nitrogen and oxygen atoms in total. The first kappa shape index (κ1) is 27.4. The minimum atomic E-state index is 0.443. The Kier molecular flexibility index (Phi) is 19.2. The van der Waals surface area contributed by atoms with Gasteiger partial charge in [0.25, 0.3) is 0 Å². The zero-order valence-electron chi connectivity index (χ0n) is 18.6. The van der Waals surface area contributed by atoms with E-state index in [4.69, 9.17) is 33.2 Å². The number of benzene rings is 1. The SMILES string of the molecule is CNCCOCCOCCOCCOCCOCCOCCOc1ccc(C=O)cc1. The van der Waals surface area contributed by atoms with Gasteiger partial charge in [-0.25, -0.2) is 0 Å². The van der Waals surface area contributed by atoms with E-state index in [1.807, 2.05) is 7.05 Å². The second-order valence-electron chi connectivity index (χ2n) is 6.31. The molecular formula is C22H37NO8. The van der Waals surface area contributed by atoms with Gasteiger partial charge in [0.15, 0.2) is 0 Å². The summed E-state index contributed by atoms with van der Waals surface area (Å²) in [6, 6.07) is 6.95. The average Bonchev–Trinajstić information content (AvgIpc) is 2.80. The topological polar surface area (TPSA) is 93.7 Å². The molecule has 0 unspecified atom stereocenters. The maximum absolute atomic E-state index is 10.6. The van der Waals surface area contributed by atoms with Crippen molar-refractivity contribution >= 4 is 6.29 Å². The van der Waals surface area contributed by atoms with Crippen LogP contribution in [0, 0.1) is 0 Å². The predicted octanol–water partition coefficient (Wildman–Crippen LogP) is 1.20. The summed E-state index contributed by atoms with van der Waals surface area (Å²) >= 11 is 0. The molecule has 0 aliphatic carbocycles. The van der Waals surface area contributed by atoms with E-state index in [1.54, 1.807) is 24.3 Å². The molecule has 178 valence electrons. The van der Waals surface area contributed by atoms with Gasteiger partial charge in [-0.3, -0.25) is 4.79 Å². The Morgan fingerprint density at radius 3 is 1.39 bits per heavy atom. The largest absolute Gasteiger partial charge is 0.491 e. The van der Waals surface area contributed by atoms with Crippen LogP contribution in [0.2, 0.25) is 0 Å². The van der Waals surface area contributed by atoms with Crippen molar-refractivity contribution in [1.82, 2.24) is 5.32 Å². The summed E-state index contributed by atoms with van der Waals surface area (Å²) in [7, 11) is 1.89. The number of hydrogen-bond acceptors (Lipinski definition) is 9. The number of nitrogens with one attached hydrogen (secondary N) is 1. The van der Waals surface area contributed by atoms with Gasteiger partial charge in [-0.15, -0.1) is 0 Å². The Bertz CT molecular complexity index is 515. The third kappa shape index (κ3) is 17.8. The highest BCUT2D eigenvalue weighted by Crippen LogP contribution is 2.10. The lowest BCUT2D eigenvalue weighted by Gasteiger charge is -2.09. The van der Waals surface area contributed by atoms with Crippen LogP contribution >= 0.6 is 0 Å². The van der Waals surface area contributed by atoms with Crippen LogP contribution < -0.4 is 10.1 Å². The van der Waals surface area contributed by atoms with Crippen molar-refractivity contribution in [2.45, 2.75) is 0 Å². The molecule has 0 bridgehead atoms. The van der Waals surface area contributed by atoms with E-state index >= 15 is 0 Å². The van der Waals surface area contributed by atoms with Crippen LogP contribution in [0.25, 0.3) is 0 Å². The molecule has 1 N–H and O–H groups in total. The lowest BCUT2D eigenvalue weighted by molar-refractivity contribution is -0.0176. The molecule has 1 rings (SSSR count). The fourth-order valence-electron chi connectivity index (χ4n) is 2.24. The van der Waals surface area contributed by atoms with E-state index in [9.17, 15) is 4.79 Å². The lowest BCUT2D eigenvalue weighted by Crippen LogP contribution is -2.17. The molecule has 0 amide bonds. The monoisotopic (exact) mass is 443 g/mol. The molecule has 0 saturated carbocycles. The van der Waals surface area contributed by atoms with Crippen LogP contribution in [0.1, 0.15) is 10.4 Å². The maximum Gasteiger partial charge on any atom is 0.150 e. The third-order valence-corrected chi connectivity index (χ3v) is 3.87. The standard InChI is InChI=1S/C22H37NO8/c1-23-6-7-25-8-9-26-10-11-27-12-13-28-14-15-29-16-17-30-18-19-31-22-4-2-21(20-24)3-5-22/h2-5,20,23H,6-19H2,1H3. The zero-order valence-corrected chi connectivity index (χ0v) is 18.6. The number of aldehydes is 1. The molecule has 0 fully saturated rings. The van der Waals surface area contributed by atoms with E-state index in [1.165, 1.54) is 0 Å². The van der Waals surface area contributed by atoms with Gasteiger partial charge in [0, 0.05) is 12.1 Å². The van der Waals surface area contributed by atoms with Gasteiger partial charge in [-0.1, -0.05) is 0 Å². The lowest BCUT2D eigenvalue weighted by atomic mass is 10.2. The Balaban J connectivity index is 1.71. The van der Waals surface area contributed by atoms with Gasteiger partial charge in [-0.2, -0.15) is 0 Å².